The van der Waals surface area contributed by atoms with Crippen molar-refractivity contribution in [2.75, 3.05) is 21.3 Å². The van der Waals surface area contributed by atoms with E-state index in [-0.39, 0.29) is 0 Å². The molecule has 0 spiro atoms. The smallest absolute Gasteiger partial charge is 0.203 e. The zero-order chi connectivity index (χ0) is 16.4. The van der Waals surface area contributed by atoms with Crippen LogP contribution in [0, 0.1) is 4.51 Å². The van der Waals surface area contributed by atoms with Gasteiger partial charge in [-0.15, -0.1) is 0 Å². The Hall–Kier alpha value is -2.53. The molecule has 3 aromatic rings. The summed E-state index contributed by atoms with van der Waals surface area (Å²) in [5, 5.41) is 0.915. The molecule has 0 bridgehead atoms. The lowest BCUT2D eigenvalue weighted by Crippen LogP contribution is -1.95. The van der Waals surface area contributed by atoms with Crippen LogP contribution in [-0.4, -0.2) is 21.3 Å². The van der Waals surface area contributed by atoms with Gasteiger partial charge in [-0.05, 0) is 24.3 Å². The average molecular weight is 328 g/mol. The molecule has 5 heteroatoms. The van der Waals surface area contributed by atoms with Crippen LogP contribution in [0.3, 0.4) is 0 Å². The molecule has 3 rings (SSSR count). The molecule has 2 aromatic carbocycles. The summed E-state index contributed by atoms with van der Waals surface area (Å²) in [5.74, 6) is 2.32. The van der Waals surface area contributed by atoms with Crippen molar-refractivity contribution < 1.29 is 18.6 Å². The summed E-state index contributed by atoms with van der Waals surface area (Å²) in [5.41, 5.74) is 1.54. The lowest BCUT2D eigenvalue weighted by Gasteiger charge is -2.14. The lowest BCUT2D eigenvalue weighted by molar-refractivity contribution is 0.324. The first-order chi connectivity index (χ1) is 11.2. The summed E-state index contributed by atoms with van der Waals surface area (Å²) in [6.07, 6.45) is 0. The lowest BCUT2D eigenvalue weighted by atomic mass is 10.1. The summed E-state index contributed by atoms with van der Waals surface area (Å²) in [6.45, 7) is 0. The number of fused-ring (bicyclic) bond motifs is 1. The van der Waals surface area contributed by atoms with Crippen molar-refractivity contribution in [3.8, 4) is 28.6 Å². The second-order valence-corrected chi connectivity index (χ2v) is 5.32. The molecule has 118 valence electrons. The van der Waals surface area contributed by atoms with Gasteiger partial charge in [0.15, 0.2) is 11.5 Å². The fourth-order valence-corrected chi connectivity index (χ4v) is 2.75. The predicted molar refractivity (Wildman–Crippen MR) is 92.1 cm³/mol. The Morgan fingerprint density at radius 1 is 0.870 bits per heavy atom. The Morgan fingerprint density at radius 2 is 1.52 bits per heavy atom. The maximum absolute atomic E-state index is 5.98. The Labute approximate surface area is 139 Å². The van der Waals surface area contributed by atoms with E-state index in [9.17, 15) is 0 Å². The highest BCUT2D eigenvalue weighted by Gasteiger charge is 2.15. The molecule has 0 aliphatic heterocycles. The summed E-state index contributed by atoms with van der Waals surface area (Å²) in [7, 11) is 4.73. The van der Waals surface area contributed by atoms with Crippen molar-refractivity contribution >= 4 is 23.2 Å². The minimum atomic E-state index is 0.540. The van der Waals surface area contributed by atoms with Gasteiger partial charge in [0, 0.05) is 17.0 Å². The molecule has 0 aliphatic carbocycles. The molecular weight excluding hydrogens is 312 g/mol. The number of hydrogen-bond acceptors (Lipinski definition) is 5. The number of methoxy groups -OCH3 is 3. The van der Waals surface area contributed by atoms with Crippen LogP contribution in [0.4, 0.5) is 0 Å². The molecule has 4 nitrogen and oxygen atoms in total. The minimum absolute atomic E-state index is 0.540. The molecule has 1 aromatic heterocycles. The Morgan fingerprint density at radius 3 is 2.13 bits per heavy atom. The molecule has 0 aliphatic rings. The van der Waals surface area contributed by atoms with Crippen molar-refractivity contribution in [2.24, 2.45) is 0 Å². The molecule has 23 heavy (non-hydrogen) atoms. The van der Waals surface area contributed by atoms with Gasteiger partial charge in [0.25, 0.3) is 0 Å². The highest BCUT2D eigenvalue weighted by Crippen LogP contribution is 2.41. The molecule has 0 radical (unpaired) electrons. The molecule has 0 unspecified atom stereocenters. The maximum Gasteiger partial charge on any atom is 0.203 e. The van der Waals surface area contributed by atoms with E-state index in [1.807, 2.05) is 42.5 Å². The van der Waals surface area contributed by atoms with Crippen molar-refractivity contribution in [3.05, 3.63) is 47.0 Å². The molecular formula is C18H16O4S. The van der Waals surface area contributed by atoms with E-state index >= 15 is 0 Å². The summed E-state index contributed by atoms with van der Waals surface area (Å²) < 4.78 is 22.8. The molecule has 0 fully saturated rings. The fourth-order valence-electron chi connectivity index (χ4n) is 2.47. The van der Waals surface area contributed by atoms with Gasteiger partial charge >= 0.3 is 0 Å². The zero-order valence-corrected chi connectivity index (χ0v) is 13.9. The largest absolute Gasteiger partial charge is 0.493 e. The van der Waals surface area contributed by atoms with Crippen molar-refractivity contribution in [1.82, 2.24) is 0 Å². The summed E-state index contributed by atoms with van der Waals surface area (Å²) in [4.78, 5) is 0. The van der Waals surface area contributed by atoms with Crippen LogP contribution in [0.15, 0.2) is 46.9 Å². The molecule has 0 saturated heterocycles. The van der Waals surface area contributed by atoms with Crippen LogP contribution >= 0.6 is 12.2 Å². The second-order valence-electron chi connectivity index (χ2n) is 4.89. The monoisotopic (exact) mass is 328 g/mol. The number of hydrogen-bond donors (Lipinski definition) is 0. The number of rotatable bonds is 4. The second kappa shape index (κ2) is 6.30. The molecule has 0 N–H and O–H groups in total. The van der Waals surface area contributed by atoms with Crippen LogP contribution < -0.4 is 14.2 Å². The van der Waals surface area contributed by atoms with Crippen molar-refractivity contribution in [2.45, 2.75) is 0 Å². The van der Waals surface area contributed by atoms with Crippen molar-refractivity contribution in [3.63, 3.8) is 0 Å². The Bertz CT molecular complexity index is 889. The SMILES string of the molecule is COc1cc(-c2cc(=S)c3ccccc3o2)cc(OC)c1OC. The third-order valence-corrected chi connectivity index (χ3v) is 3.92. The van der Waals surface area contributed by atoms with Crippen LogP contribution in [0.25, 0.3) is 22.3 Å². The number of benzene rings is 2. The van der Waals surface area contributed by atoms with E-state index in [1.165, 1.54) is 0 Å². The highest BCUT2D eigenvalue weighted by atomic mass is 32.1. The fraction of sp³-hybridized carbons (Fsp3) is 0.167. The van der Waals surface area contributed by atoms with Gasteiger partial charge in [0.05, 0.1) is 25.8 Å². The van der Waals surface area contributed by atoms with Gasteiger partial charge in [-0.1, -0.05) is 24.4 Å². The molecule has 0 amide bonds. The molecule has 0 atom stereocenters. The van der Waals surface area contributed by atoms with Gasteiger partial charge < -0.3 is 18.6 Å². The third-order valence-electron chi connectivity index (χ3n) is 3.58. The van der Waals surface area contributed by atoms with Gasteiger partial charge in [-0.25, -0.2) is 0 Å². The molecule has 0 saturated carbocycles. The first-order valence-electron chi connectivity index (χ1n) is 7.01. The number of ether oxygens (including phenoxy) is 3. The zero-order valence-electron chi connectivity index (χ0n) is 13.1. The number of para-hydroxylation sites is 1. The van der Waals surface area contributed by atoms with Gasteiger partial charge in [-0.3, -0.25) is 0 Å². The predicted octanol–water partition coefficient (Wildman–Crippen LogP) is 4.86. The van der Waals surface area contributed by atoms with Crippen LogP contribution in [0.1, 0.15) is 0 Å². The maximum atomic E-state index is 5.98. The van der Waals surface area contributed by atoms with E-state index in [1.54, 1.807) is 21.3 Å². The minimum Gasteiger partial charge on any atom is -0.493 e. The summed E-state index contributed by atoms with van der Waals surface area (Å²) in [6, 6.07) is 13.2. The standard InChI is InChI=1S/C18H16O4S/c1-19-15-8-11(9-16(20-2)18(15)21-3)14-10-17(23)12-6-4-5-7-13(12)22-14/h4-10H,1-3H3. The van der Waals surface area contributed by atoms with E-state index in [4.69, 9.17) is 30.8 Å². The van der Waals surface area contributed by atoms with Gasteiger partial charge in [-0.2, -0.15) is 0 Å². The van der Waals surface area contributed by atoms with Crippen LogP contribution in [-0.2, 0) is 0 Å². The van der Waals surface area contributed by atoms with E-state index in [2.05, 4.69) is 0 Å². The normalized spacial score (nSPS) is 10.6. The molecule has 1 heterocycles. The average Bonchev–Trinajstić information content (AvgIpc) is 2.60. The van der Waals surface area contributed by atoms with E-state index in [0.717, 1.165) is 21.0 Å². The Kier molecular flexibility index (Phi) is 4.21. The van der Waals surface area contributed by atoms with E-state index < -0.39 is 0 Å². The first-order valence-corrected chi connectivity index (χ1v) is 7.42. The first kappa shape index (κ1) is 15.4. The summed E-state index contributed by atoms with van der Waals surface area (Å²) >= 11 is 5.47. The Balaban J connectivity index is 2.24. The topological polar surface area (TPSA) is 40.8 Å². The van der Waals surface area contributed by atoms with Crippen LogP contribution in [0.2, 0.25) is 0 Å². The quantitative estimate of drug-likeness (QED) is 0.640. The van der Waals surface area contributed by atoms with E-state index in [0.29, 0.717) is 23.0 Å². The highest BCUT2D eigenvalue weighted by molar-refractivity contribution is 7.71. The van der Waals surface area contributed by atoms with Crippen molar-refractivity contribution in [1.29, 1.82) is 0 Å². The third kappa shape index (κ3) is 2.75. The van der Waals surface area contributed by atoms with Gasteiger partial charge in [0.2, 0.25) is 5.75 Å². The van der Waals surface area contributed by atoms with Crippen LogP contribution in [0.5, 0.6) is 17.2 Å². The van der Waals surface area contributed by atoms with Gasteiger partial charge in [0.1, 0.15) is 11.3 Å².